The third-order valence-electron chi connectivity index (χ3n) is 5.50. The summed E-state index contributed by atoms with van der Waals surface area (Å²) in [6, 6.07) is 9.68. The summed E-state index contributed by atoms with van der Waals surface area (Å²) in [6.07, 6.45) is 0.916. The highest BCUT2D eigenvalue weighted by Crippen LogP contribution is 2.39. The van der Waals surface area contributed by atoms with Crippen molar-refractivity contribution in [3.8, 4) is 0 Å². The van der Waals surface area contributed by atoms with Gasteiger partial charge in [0.2, 0.25) is 5.91 Å². The number of carbonyl (C=O) groups excluding carboxylic acids is 3. The van der Waals surface area contributed by atoms with Crippen LogP contribution in [-0.4, -0.2) is 83.2 Å². The number of rotatable bonds is 4. The van der Waals surface area contributed by atoms with Gasteiger partial charge in [-0.15, -0.1) is 0 Å². The van der Waals surface area contributed by atoms with E-state index in [9.17, 15) is 14.4 Å². The maximum absolute atomic E-state index is 13.4. The number of piperidine rings is 1. The van der Waals surface area contributed by atoms with Gasteiger partial charge >= 0.3 is 0 Å². The summed E-state index contributed by atoms with van der Waals surface area (Å²) >= 11 is 11.4. The number of halogens is 2. The largest absolute Gasteiger partial charge is 0.347 e. The molecule has 3 rings (SSSR count). The smallest absolute Gasteiger partial charge is 0.255 e. The Kier molecular flexibility index (Phi) is 6.05. The fraction of sp³-hybridized carbons (Fsp3) is 0.526. The van der Waals surface area contributed by atoms with Crippen molar-refractivity contribution >= 4 is 46.6 Å². The number of benzene rings is 1. The number of hydrogen-bond donors (Lipinski definition) is 0. The summed E-state index contributed by atoms with van der Waals surface area (Å²) in [6.45, 7) is 1.15. The van der Waals surface area contributed by atoms with Gasteiger partial charge in [0, 0.05) is 32.9 Å². The molecule has 0 atom stereocenters. The molecule has 2 fully saturated rings. The zero-order valence-corrected chi connectivity index (χ0v) is 17.5. The predicted octanol–water partition coefficient (Wildman–Crippen LogP) is 1.55. The second-order valence-electron chi connectivity index (χ2n) is 7.35. The molecule has 0 radical (unpaired) electrons. The van der Waals surface area contributed by atoms with Crippen molar-refractivity contribution < 1.29 is 14.4 Å². The van der Waals surface area contributed by atoms with Crippen molar-refractivity contribution in [1.29, 1.82) is 0 Å². The average Bonchev–Trinajstić information content (AvgIpc) is 2.94. The number of likely N-dealkylation sites (tertiary alicyclic amines) is 1. The van der Waals surface area contributed by atoms with E-state index in [1.54, 1.807) is 23.9 Å². The van der Waals surface area contributed by atoms with Gasteiger partial charge in [0.25, 0.3) is 11.8 Å². The SMILES string of the molecule is CN(C)C(=O)CN1CN(c2ccccc2)C2(CCN(C(=O)C(Cl)Cl)CC2)C1=O. The Hall–Kier alpha value is -1.99. The van der Waals surface area contributed by atoms with Crippen LogP contribution < -0.4 is 4.90 Å². The number of amides is 3. The minimum atomic E-state index is -1.10. The van der Waals surface area contributed by atoms with E-state index in [1.807, 2.05) is 30.3 Å². The molecule has 0 aromatic heterocycles. The molecule has 2 saturated heterocycles. The highest BCUT2D eigenvalue weighted by Gasteiger charge is 2.54. The van der Waals surface area contributed by atoms with Gasteiger partial charge in [0.15, 0.2) is 4.84 Å². The molecule has 28 heavy (non-hydrogen) atoms. The van der Waals surface area contributed by atoms with E-state index < -0.39 is 10.4 Å². The van der Waals surface area contributed by atoms with Crippen molar-refractivity contribution in [3.63, 3.8) is 0 Å². The topological polar surface area (TPSA) is 64.2 Å². The molecule has 3 amide bonds. The molecule has 152 valence electrons. The Bertz CT molecular complexity index is 749. The zero-order chi connectivity index (χ0) is 20.5. The lowest BCUT2D eigenvalue weighted by atomic mass is 9.85. The van der Waals surface area contributed by atoms with Crippen molar-refractivity contribution in [2.24, 2.45) is 0 Å². The van der Waals surface area contributed by atoms with Crippen molar-refractivity contribution in [2.45, 2.75) is 23.2 Å². The summed E-state index contributed by atoms with van der Waals surface area (Å²) < 4.78 is 0. The third kappa shape index (κ3) is 3.78. The average molecular weight is 427 g/mol. The van der Waals surface area contributed by atoms with Gasteiger partial charge in [-0.1, -0.05) is 41.4 Å². The van der Waals surface area contributed by atoms with Crippen molar-refractivity contribution in [1.82, 2.24) is 14.7 Å². The highest BCUT2D eigenvalue weighted by molar-refractivity contribution is 6.53. The molecule has 1 aromatic carbocycles. The van der Waals surface area contributed by atoms with Crippen LogP contribution in [0.1, 0.15) is 12.8 Å². The zero-order valence-electron chi connectivity index (χ0n) is 16.0. The lowest BCUT2D eigenvalue weighted by molar-refractivity contribution is -0.141. The quantitative estimate of drug-likeness (QED) is 0.685. The molecule has 0 saturated carbocycles. The molecular formula is C19H24Cl2N4O3. The number of alkyl halides is 2. The third-order valence-corrected chi connectivity index (χ3v) is 5.87. The van der Waals surface area contributed by atoms with E-state index in [0.29, 0.717) is 32.6 Å². The predicted molar refractivity (Wildman–Crippen MR) is 108 cm³/mol. The molecule has 2 heterocycles. The molecule has 9 heteroatoms. The number of anilines is 1. The minimum Gasteiger partial charge on any atom is -0.347 e. The van der Waals surface area contributed by atoms with Gasteiger partial charge in [-0.05, 0) is 25.0 Å². The molecule has 0 bridgehead atoms. The summed E-state index contributed by atoms with van der Waals surface area (Å²) in [4.78, 5) is 43.3. The van der Waals surface area contributed by atoms with Crippen LogP contribution in [0.3, 0.4) is 0 Å². The van der Waals surface area contributed by atoms with Crippen LogP contribution in [0.15, 0.2) is 30.3 Å². The van der Waals surface area contributed by atoms with E-state index in [2.05, 4.69) is 4.90 Å². The van der Waals surface area contributed by atoms with E-state index in [-0.39, 0.29) is 24.3 Å². The van der Waals surface area contributed by atoms with Gasteiger partial charge in [-0.3, -0.25) is 14.4 Å². The van der Waals surface area contributed by atoms with Gasteiger partial charge in [0.1, 0.15) is 12.1 Å². The first-order chi connectivity index (χ1) is 13.3. The van der Waals surface area contributed by atoms with E-state index in [4.69, 9.17) is 23.2 Å². The van der Waals surface area contributed by atoms with Crippen LogP contribution in [-0.2, 0) is 14.4 Å². The minimum absolute atomic E-state index is 0.0327. The summed E-state index contributed by atoms with van der Waals surface area (Å²) in [5, 5.41) is 0. The lowest BCUT2D eigenvalue weighted by Gasteiger charge is -2.43. The molecule has 7 nitrogen and oxygen atoms in total. The van der Waals surface area contributed by atoms with E-state index in [0.717, 1.165) is 5.69 Å². The molecule has 2 aliphatic heterocycles. The maximum Gasteiger partial charge on any atom is 0.255 e. The van der Waals surface area contributed by atoms with E-state index >= 15 is 0 Å². The Labute approximate surface area is 174 Å². The second-order valence-corrected chi connectivity index (χ2v) is 8.45. The number of nitrogens with zero attached hydrogens (tertiary/aromatic N) is 4. The molecule has 2 aliphatic rings. The van der Waals surface area contributed by atoms with Crippen LogP contribution in [0, 0.1) is 0 Å². The monoisotopic (exact) mass is 426 g/mol. The van der Waals surface area contributed by atoms with Gasteiger partial charge in [-0.2, -0.15) is 0 Å². The second kappa shape index (κ2) is 8.17. The summed E-state index contributed by atoms with van der Waals surface area (Å²) in [7, 11) is 3.35. The standard InChI is InChI=1S/C19H24Cl2N4O3/c1-22(2)15(26)12-24-13-25(14-6-4-3-5-7-14)19(18(24)28)8-10-23(11-9-19)17(27)16(20)21/h3-7,16H,8-13H2,1-2H3. The molecular weight excluding hydrogens is 403 g/mol. The van der Waals surface area contributed by atoms with Crippen LogP contribution in [0.5, 0.6) is 0 Å². The van der Waals surface area contributed by atoms with Crippen LogP contribution in [0.2, 0.25) is 0 Å². The Morgan fingerprint density at radius 1 is 1.14 bits per heavy atom. The summed E-state index contributed by atoms with van der Waals surface area (Å²) in [5.41, 5.74) is 0.141. The fourth-order valence-corrected chi connectivity index (χ4v) is 4.14. The van der Waals surface area contributed by atoms with Crippen LogP contribution in [0.25, 0.3) is 0 Å². The van der Waals surface area contributed by atoms with Crippen LogP contribution >= 0.6 is 23.2 Å². The first-order valence-corrected chi connectivity index (χ1v) is 10.0. The Balaban J connectivity index is 1.86. The molecule has 0 aliphatic carbocycles. The van der Waals surface area contributed by atoms with Crippen molar-refractivity contribution in [2.75, 3.05) is 45.3 Å². The summed E-state index contributed by atoms with van der Waals surface area (Å²) in [5.74, 6) is -0.542. The normalized spacial score (nSPS) is 18.9. The first-order valence-electron chi connectivity index (χ1n) is 9.15. The van der Waals surface area contributed by atoms with Gasteiger partial charge < -0.3 is 19.6 Å². The van der Waals surface area contributed by atoms with Crippen LogP contribution in [0.4, 0.5) is 5.69 Å². The Morgan fingerprint density at radius 2 is 1.75 bits per heavy atom. The number of hydrogen-bond acceptors (Lipinski definition) is 4. The number of likely N-dealkylation sites (N-methyl/N-ethyl adjacent to an activating group) is 1. The Morgan fingerprint density at radius 3 is 2.29 bits per heavy atom. The number of carbonyl (C=O) groups is 3. The van der Waals surface area contributed by atoms with Crippen molar-refractivity contribution in [3.05, 3.63) is 30.3 Å². The van der Waals surface area contributed by atoms with E-state index in [1.165, 1.54) is 4.90 Å². The molecule has 0 N–H and O–H groups in total. The fourth-order valence-electron chi connectivity index (χ4n) is 3.86. The lowest BCUT2D eigenvalue weighted by Crippen LogP contribution is -2.58. The highest BCUT2D eigenvalue weighted by atomic mass is 35.5. The van der Waals surface area contributed by atoms with Gasteiger partial charge in [0.05, 0.1) is 6.67 Å². The number of para-hydroxylation sites is 1. The van der Waals surface area contributed by atoms with Gasteiger partial charge in [-0.25, -0.2) is 0 Å². The molecule has 1 aromatic rings. The maximum atomic E-state index is 13.4. The molecule has 0 unspecified atom stereocenters. The molecule has 1 spiro atoms. The first kappa shape index (κ1) is 20.7.